The van der Waals surface area contributed by atoms with Crippen molar-refractivity contribution >= 4 is 25.9 Å². The van der Waals surface area contributed by atoms with Crippen LogP contribution in [-0.2, 0) is 9.31 Å². The van der Waals surface area contributed by atoms with Gasteiger partial charge in [-0.1, -0.05) is 85.5 Å². The molecule has 0 amide bonds. The summed E-state index contributed by atoms with van der Waals surface area (Å²) in [5, 5.41) is 1.40. The summed E-state index contributed by atoms with van der Waals surface area (Å²) < 4.78 is 13.0. The van der Waals surface area contributed by atoms with E-state index in [2.05, 4.69) is 108 Å². The molecule has 1 fully saturated rings. The fourth-order valence-corrected chi connectivity index (χ4v) is 5.68. The van der Waals surface area contributed by atoms with Crippen molar-refractivity contribution in [3.63, 3.8) is 0 Å². The van der Waals surface area contributed by atoms with Crippen molar-refractivity contribution in [2.45, 2.75) is 58.5 Å². The standard InChI is InChI=1S/C23H31BO2Si/c1-22(2)23(3,4)26-24(25-22)20(18-14-10-8-11-15-18)21(27(5,6)7)19-16-12-9-13-17-19/h8-17H,1-7H3/b21-20+. The summed E-state index contributed by atoms with van der Waals surface area (Å²) in [6, 6.07) is 21.3. The predicted octanol–water partition coefficient (Wildman–Crippen LogP) is 6.11. The van der Waals surface area contributed by atoms with Gasteiger partial charge in [0.1, 0.15) is 0 Å². The minimum absolute atomic E-state index is 0.362. The first kappa shape index (κ1) is 20.1. The molecule has 1 saturated heterocycles. The van der Waals surface area contributed by atoms with Crippen LogP contribution < -0.4 is 0 Å². The van der Waals surface area contributed by atoms with Gasteiger partial charge in [-0.05, 0) is 44.3 Å². The van der Waals surface area contributed by atoms with Crippen molar-refractivity contribution < 1.29 is 9.31 Å². The fourth-order valence-electron chi connectivity index (χ4n) is 3.57. The molecule has 27 heavy (non-hydrogen) atoms. The van der Waals surface area contributed by atoms with Gasteiger partial charge in [0.25, 0.3) is 0 Å². The van der Waals surface area contributed by atoms with Gasteiger partial charge in [0.2, 0.25) is 0 Å². The largest absolute Gasteiger partial charge is 0.495 e. The van der Waals surface area contributed by atoms with Crippen molar-refractivity contribution in [2.24, 2.45) is 0 Å². The molecule has 0 radical (unpaired) electrons. The normalized spacial score (nSPS) is 19.7. The van der Waals surface area contributed by atoms with E-state index in [0.29, 0.717) is 0 Å². The Hall–Kier alpha value is -1.62. The zero-order valence-electron chi connectivity index (χ0n) is 17.7. The zero-order chi connectivity index (χ0) is 19.9. The third-order valence-corrected chi connectivity index (χ3v) is 7.71. The molecule has 0 bridgehead atoms. The highest BCUT2D eigenvalue weighted by molar-refractivity contribution is 6.98. The van der Waals surface area contributed by atoms with Crippen LogP contribution in [0.3, 0.4) is 0 Å². The molecule has 0 N–H and O–H groups in total. The third-order valence-electron chi connectivity index (χ3n) is 5.66. The van der Waals surface area contributed by atoms with E-state index in [9.17, 15) is 0 Å². The number of rotatable bonds is 4. The van der Waals surface area contributed by atoms with Crippen molar-refractivity contribution in [1.29, 1.82) is 0 Å². The van der Waals surface area contributed by atoms with Gasteiger partial charge in [0, 0.05) is 0 Å². The molecule has 3 rings (SSSR count). The Labute approximate surface area is 165 Å². The summed E-state index contributed by atoms with van der Waals surface area (Å²) in [5.74, 6) is 0. The Kier molecular flexibility index (Phi) is 5.28. The SMILES string of the molecule is CC1(C)OB(/C(=C(\c2ccccc2)[Si](C)(C)C)c2ccccc2)OC1(C)C. The molecule has 0 unspecified atom stereocenters. The smallest absolute Gasteiger partial charge is 0.399 e. The third kappa shape index (κ3) is 3.98. The van der Waals surface area contributed by atoms with Gasteiger partial charge < -0.3 is 9.31 Å². The molecule has 0 aromatic heterocycles. The van der Waals surface area contributed by atoms with E-state index in [1.54, 1.807) is 0 Å². The van der Waals surface area contributed by atoms with Gasteiger partial charge in [-0.3, -0.25) is 0 Å². The molecule has 142 valence electrons. The van der Waals surface area contributed by atoms with Crippen molar-refractivity contribution in [3.05, 3.63) is 71.8 Å². The zero-order valence-corrected chi connectivity index (χ0v) is 18.7. The van der Waals surface area contributed by atoms with Gasteiger partial charge >= 0.3 is 7.12 Å². The van der Waals surface area contributed by atoms with E-state index in [1.807, 2.05) is 0 Å². The summed E-state index contributed by atoms with van der Waals surface area (Å²) in [4.78, 5) is 0. The summed E-state index contributed by atoms with van der Waals surface area (Å²) in [5.41, 5.74) is 2.90. The Morgan fingerprint density at radius 1 is 0.704 bits per heavy atom. The van der Waals surface area contributed by atoms with E-state index >= 15 is 0 Å². The highest BCUT2D eigenvalue weighted by atomic mass is 28.3. The minimum atomic E-state index is -1.71. The van der Waals surface area contributed by atoms with Crippen LogP contribution in [-0.4, -0.2) is 26.4 Å². The maximum absolute atomic E-state index is 6.52. The molecule has 0 saturated carbocycles. The van der Waals surface area contributed by atoms with E-state index in [4.69, 9.17) is 9.31 Å². The van der Waals surface area contributed by atoms with Crippen LogP contribution in [0.15, 0.2) is 60.7 Å². The molecule has 1 aliphatic rings. The van der Waals surface area contributed by atoms with Crippen LogP contribution in [0.1, 0.15) is 38.8 Å². The molecule has 4 heteroatoms. The molecule has 2 nitrogen and oxygen atoms in total. The predicted molar refractivity (Wildman–Crippen MR) is 119 cm³/mol. The highest BCUT2D eigenvalue weighted by Gasteiger charge is 2.53. The average molecular weight is 378 g/mol. The van der Waals surface area contributed by atoms with Crippen LogP contribution >= 0.6 is 0 Å². The van der Waals surface area contributed by atoms with Gasteiger partial charge in [-0.25, -0.2) is 0 Å². The van der Waals surface area contributed by atoms with Gasteiger partial charge in [0.05, 0.1) is 19.3 Å². The second-order valence-electron chi connectivity index (χ2n) is 9.36. The molecule has 0 aliphatic carbocycles. The molecule has 0 atom stereocenters. The molecule has 1 heterocycles. The Bertz CT molecular complexity index is 804. The van der Waals surface area contributed by atoms with Crippen LogP contribution in [0.2, 0.25) is 19.6 Å². The second kappa shape index (κ2) is 7.08. The second-order valence-corrected chi connectivity index (χ2v) is 14.4. The van der Waals surface area contributed by atoms with E-state index < -0.39 is 8.07 Å². The highest BCUT2D eigenvalue weighted by Crippen LogP contribution is 2.44. The first-order valence-electron chi connectivity index (χ1n) is 9.74. The topological polar surface area (TPSA) is 18.5 Å². The molecular weight excluding hydrogens is 347 g/mol. The summed E-state index contributed by atoms with van der Waals surface area (Å²) >= 11 is 0. The number of benzene rings is 2. The van der Waals surface area contributed by atoms with Crippen LogP contribution in [0, 0.1) is 0 Å². The van der Waals surface area contributed by atoms with Crippen LogP contribution in [0.5, 0.6) is 0 Å². The van der Waals surface area contributed by atoms with Crippen molar-refractivity contribution in [3.8, 4) is 0 Å². The van der Waals surface area contributed by atoms with Crippen LogP contribution in [0.25, 0.3) is 10.7 Å². The maximum Gasteiger partial charge on any atom is 0.495 e. The van der Waals surface area contributed by atoms with E-state index in [1.165, 1.54) is 21.8 Å². The van der Waals surface area contributed by atoms with Gasteiger partial charge in [-0.15, -0.1) is 0 Å². The van der Waals surface area contributed by atoms with Gasteiger partial charge in [-0.2, -0.15) is 0 Å². The average Bonchev–Trinajstić information content (AvgIpc) is 2.80. The molecule has 2 aromatic rings. The first-order valence-corrected chi connectivity index (χ1v) is 13.2. The monoisotopic (exact) mass is 378 g/mol. The summed E-state index contributed by atoms with van der Waals surface area (Å²) in [7, 11) is -2.09. The molecule has 2 aromatic carbocycles. The Morgan fingerprint density at radius 2 is 1.11 bits per heavy atom. The number of hydrogen-bond donors (Lipinski definition) is 0. The van der Waals surface area contributed by atoms with Crippen molar-refractivity contribution in [2.75, 3.05) is 0 Å². The lowest BCUT2D eigenvalue weighted by molar-refractivity contribution is 0.00578. The molecule has 0 spiro atoms. The molecular formula is C23H31BO2Si. The van der Waals surface area contributed by atoms with E-state index in [0.717, 1.165) is 0 Å². The quantitative estimate of drug-likeness (QED) is 0.472. The molecule has 1 aliphatic heterocycles. The lowest BCUT2D eigenvalue weighted by atomic mass is 9.73. The Morgan fingerprint density at radius 3 is 1.52 bits per heavy atom. The lowest BCUT2D eigenvalue weighted by Crippen LogP contribution is -2.41. The summed E-state index contributed by atoms with van der Waals surface area (Å²) in [6.45, 7) is 15.6. The Balaban J connectivity index is 2.28. The number of hydrogen-bond acceptors (Lipinski definition) is 2. The van der Waals surface area contributed by atoms with Crippen molar-refractivity contribution in [1.82, 2.24) is 0 Å². The first-order chi connectivity index (χ1) is 12.5. The summed E-state index contributed by atoms with van der Waals surface area (Å²) in [6.07, 6.45) is 0. The van der Waals surface area contributed by atoms with E-state index in [-0.39, 0.29) is 18.3 Å². The van der Waals surface area contributed by atoms with Crippen LogP contribution in [0.4, 0.5) is 0 Å². The minimum Gasteiger partial charge on any atom is -0.399 e. The fraction of sp³-hybridized carbons (Fsp3) is 0.391. The lowest BCUT2D eigenvalue weighted by Gasteiger charge is -2.32. The maximum atomic E-state index is 6.52. The van der Waals surface area contributed by atoms with Gasteiger partial charge in [0.15, 0.2) is 0 Å².